The van der Waals surface area contributed by atoms with Crippen LogP contribution in [0, 0.1) is 10.9 Å². The third-order valence-electron chi connectivity index (χ3n) is 0.860. The average molecular weight is 108 g/mol. The minimum Gasteiger partial charge on any atom is -0.132 e. The van der Waals surface area contributed by atoms with Crippen LogP contribution in [0.3, 0.4) is 0 Å². The van der Waals surface area contributed by atoms with Gasteiger partial charge in [-0.3, -0.25) is 0 Å². The van der Waals surface area contributed by atoms with Crippen molar-refractivity contribution in [1.29, 1.82) is 10.9 Å². The molecule has 1 aliphatic heterocycles. The van der Waals surface area contributed by atoms with Gasteiger partial charge in [-0.15, -0.1) is 10.2 Å². The van der Waals surface area contributed by atoms with Gasteiger partial charge in [-0.2, -0.15) is 0 Å². The van der Waals surface area contributed by atoms with E-state index in [1.54, 1.807) is 18.2 Å². The van der Waals surface area contributed by atoms with Crippen LogP contribution >= 0.6 is 0 Å². The monoisotopic (exact) mass is 108 g/mol. The summed E-state index contributed by atoms with van der Waals surface area (Å²) in [5, 5.41) is 7.00. The number of hydrogen-bond acceptors (Lipinski definition) is 2. The summed E-state index contributed by atoms with van der Waals surface area (Å²) in [6, 6.07) is 0. The SMILES string of the molecule is N=C1C=CC=C[N+]1=N. The van der Waals surface area contributed by atoms with Crippen molar-refractivity contribution in [2.45, 2.75) is 0 Å². The van der Waals surface area contributed by atoms with E-state index < -0.39 is 0 Å². The molecule has 1 heterocycles. The van der Waals surface area contributed by atoms with Crippen LogP contribution in [0.15, 0.2) is 24.4 Å². The molecule has 0 fully saturated rings. The maximum atomic E-state index is 7.00. The maximum Gasteiger partial charge on any atom is 0.339 e. The minimum absolute atomic E-state index is 0.201. The second-order valence-electron chi connectivity index (χ2n) is 1.46. The zero-order valence-electron chi connectivity index (χ0n) is 4.26. The molecule has 0 aromatic rings. The summed E-state index contributed by atoms with van der Waals surface area (Å²) in [5.41, 5.74) is 6.95. The predicted octanol–water partition coefficient (Wildman–Crippen LogP) is 1.09. The molecular formula is C5H6N3+. The van der Waals surface area contributed by atoms with E-state index in [0.717, 1.165) is 4.70 Å². The Bertz CT molecular complexity index is 166. The summed E-state index contributed by atoms with van der Waals surface area (Å²) in [4.78, 5) is 0. The zero-order valence-corrected chi connectivity index (χ0v) is 4.26. The Labute approximate surface area is 46.9 Å². The van der Waals surface area contributed by atoms with E-state index in [1.807, 2.05) is 0 Å². The van der Waals surface area contributed by atoms with Crippen LogP contribution in [-0.4, -0.2) is 10.5 Å². The van der Waals surface area contributed by atoms with Gasteiger partial charge in [0.05, 0.1) is 0 Å². The molecule has 0 aromatic carbocycles. The highest BCUT2D eigenvalue weighted by Crippen LogP contribution is 1.90. The Kier molecular flexibility index (Phi) is 1.04. The first-order chi connectivity index (χ1) is 3.80. The van der Waals surface area contributed by atoms with Crippen molar-refractivity contribution in [2.24, 2.45) is 0 Å². The molecule has 1 rings (SSSR count). The van der Waals surface area contributed by atoms with E-state index in [1.165, 1.54) is 6.20 Å². The second kappa shape index (κ2) is 1.69. The Balaban J connectivity index is 2.89. The van der Waals surface area contributed by atoms with Crippen LogP contribution in [0.2, 0.25) is 0 Å². The predicted molar refractivity (Wildman–Crippen MR) is 29.0 cm³/mol. The molecule has 2 N–H and O–H groups in total. The molecule has 0 radical (unpaired) electrons. The quantitative estimate of drug-likeness (QED) is 0.436. The summed E-state index contributed by atoms with van der Waals surface area (Å²) in [6.07, 6.45) is 6.52. The van der Waals surface area contributed by atoms with Gasteiger partial charge >= 0.3 is 5.84 Å². The van der Waals surface area contributed by atoms with E-state index in [-0.39, 0.29) is 5.84 Å². The number of nitrogens with zero attached hydrogens (tertiary/aromatic N) is 1. The lowest BCUT2D eigenvalue weighted by atomic mass is 10.4. The maximum absolute atomic E-state index is 7.00. The average Bonchev–Trinajstić information content (AvgIpc) is 1.77. The molecule has 3 nitrogen and oxygen atoms in total. The highest BCUT2D eigenvalue weighted by atomic mass is 15.2. The van der Waals surface area contributed by atoms with Gasteiger partial charge in [-0.1, -0.05) is 11.5 Å². The summed E-state index contributed by atoms with van der Waals surface area (Å²) >= 11 is 0. The molecule has 0 saturated carbocycles. The van der Waals surface area contributed by atoms with Crippen molar-refractivity contribution < 1.29 is 4.70 Å². The number of allylic oxidation sites excluding steroid dienone is 2. The molecule has 0 spiro atoms. The fourth-order valence-corrected chi connectivity index (χ4v) is 0.443. The molecule has 0 amide bonds. The number of nitrogens with one attached hydrogen (secondary N) is 2. The molecule has 1 aliphatic rings. The molecule has 3 heteroatoms. The van der Waals surface area contributed by atoms with E-state index in [4.69, 9.17) is 10.9 Å². The Morgan fingerprint density at radius 1 is 1.38 bits per heavy atom. The van der Waals surface area contributed by atoms with Gasteiger partial charge in [0.15, 0.2) is 0 Å². The topological polar surface area (TPSA) is 50.7 Å². The van der Waals surface area contributed by atoms with Gasteiger partial charge in [0.25, 0.3) is 0 Å². The minimum atomic E-state index is 0.201. The molecule has 8 heavy (non-hydrogen) atoms. The fourth-order valence-electron chi connectivity index (χ4n) is 0.443. The molecule has 0 aromatic heterocycles. The standard InChI is InChI=1S/C5H6N3/c6-5-3-1-2-4-8(5)7/h1-4,6-7H/q+1. The Morgan fingerprint density at radius 2 is 2.12 bits per heavy atom. The first-order valence-corrected chi connectivity index (χ1v) is 2.24. The molecule has 0 atom stereocenters. The fraction of sp³-hybridized carbons (Fsp3) is 0. The van der Waals surface area contributed by atoms with Crippen LogP contribution in [0.5, 0.6) is 0 Å². The Hall–Kier alpha value is -1.25. The van der Waals surface area contributed by atoms with E-state index in [2.05, 4.69) is 0 Å². The van der Waals surface area contributed by atoms with Crippen molar-refractivity contribution in [2.75, 3.05) is 0 Å². The zero-order chi connectivity index (χ0) is 5.98. The molecule has 0 saturated heterocycles. The third-order valence-corrected chi connectivity index (χ3v) is 0.860. The van der Waals surface area contributed by atoms with Crippen molar-refractivity contribution in [1.82, 2.24) is 0 Å². The normalized spacial score (nSPS) is 17.5. The van der Waals surface area contributed by atoms with E-state index in [0.29, 0.717) is 0 Å². The van der Waals surface area contributed by atoms with Crippen LogP contribution in [0.1, 0.15) is 0 Å². The lowest BCUT2D eigenvalue weighted by Gasteiger charge is -1.90. The number of hydrogen-bond donors (Lipinski definition) is 2. The van der Waals surface area contributed by atoms with Gasteiger partial charge in [0, 0.05) is 6.08 Å². The third kappa shape index (κ3) is 0.703. The van der Waals surface area contributed by atoms with Crippen molar-refractivity contribution in [3.63, 3.8) is 0 Å². The van der Waals surface area contributed by atoms with Crippen LogP contribution in [0.4, 0.5) is 0 Å². The Morgan fingerprint density at radius 3 is 2.50 bits per heavy atom. The summed E-state index contributed by atoms with van der Waals surface area (Å²) < 4.78 is 1.00. The van der Waals surface area contributed by atoms with E-state index >= 15 is 0 Å². The van der Waals surface area contributed by atoms with Gasteiger partial charge < -0.3 is 0 Å². The molecule has 0 bridgehead atoms. The van der Waals surface area contributed by atoms with Crippen molar-refractivity contribution in [3.05, 3.63) is 24.4 Å². The lowest BCUT2D eigenvalue weighted by Crippen LogP contribution is -2.08. The first kappa shape index (κ1) is 4.90. The van der Waals surface area contributed by atoms with Gasteiger partial charge in [0.2, 0.25) is 0 Å². The first-order valence-electron chi connectivity index (χ1n) is 2.24. The van der Waals surface area contributed by atoms with Crippen LogP contribution in [-0.2, 0) is 0 Å². The molecule has 0 unspecified atom stereocenters. The molecule has 40 valence electrons. The van der Waals surface area contributed by atoms with Crippen LogP contribution < -0.4 is 0 Å². The summed E-state index contributed by atoms with van der Waals surface area (Å²) in [5.74, 6) is 0.201. The van der Waals surface area contributed by atoms with Gasteiger partial charge in [0.1, 0.15) is 6.20 Å². The smallest absolute Gasteiger partial charge is 0.132 e. The number of amidine groups is 1. The molecular weight excluding hydrogens is 102 g/mol. The largest absolute Gasteiger partial charge is 0.339 e. The number of rotatable bonds is 0. The van der Waals surface area contributed by atoms with Crippen molar-refractivity contribution >= 4 is 5.84 Å². The van der Waals surface area contributed by atoms with Crippen LogP contribution in [0.25, 0.3) is 0 Å². The summed E-state index contributed by atoms with van der Waals surface area (Å²) in [6.45, 7) is 0. The lowest BCUT2D eigenvalue weighted by molar-refractivity contribution is -0.433. The van der Waals surface area contributed by atoms with E-state index in [9.17, 15) is 0 Å². The van der Waals surface area contributed by atoms with Gasteiger partial charge in [-0.05, 0) is 6.08 Å². The molecule has 0 aliphatic carbocycles. The second-order valence-corrected chi connectivity index (χ2v) is 1.46. The van der Waals surface area contributed by atoms with Crippen molar-refractivity contribution in [3.8, 4) is 0 Å². The van der Waals surface area contributed by atoms with Gasteiger partial charge in [-0.25, -0.2) is 0 Å². The highest BCUT2D eigenvalue weighted by Gasteiger charge is 2.04. The summed E-state index contributed by atoms with van der Waals surface area (Å²) in [7, 11) is 0. The highest BCUT2D eigenvalue weighted by molar-refractivity contribution is 5.83.